The summed E-state index contributed by atoms with van der Waals surface area (Å²) in [4.78, 5) is 11.9. The fourth-order valence-corrected chi connectivity index (χ4v) is 4.04. The summed E-state index contributed by atoms with van der Waals surface area (Å²) in [5, 5.41) is 10.6. The van der Waals surface area contributed by atoms with Crippen molar-refractivity contribution in [2.24, 2.45) is 17.8 Å². The van der Waals surface area contributed by atoms with Gasteiger partial charge in [0.1, 0.15) is 5.78 Å². The molecule has 3 saturated carbocycles. The average Bonchev–Trinajstić information content (AvgIpc) is 2.46. The number of ketones is 1. The van der Waals surface area contributed by atoms with Crippen LogP contribution in [0.3, 0.4) is 0 Å². The normalized spacial score (nSPS) is 51.8. The van der Waals surface area contributed by atoms with Crippen LogP contribution in [0.5, 0.6) is 0 Å². The van der Waals surface area contributed by atoms with Gasteiger partial charge in [-0.2, -0.15) is 0 Å². The molecule has 4 atom stereocenters. The molecule has 0 radical (unpaired) electrons. The van der Waals surface area contributed by atoms with E-state index in [1.54, 1.807) is 0 Å². The van der Waals surface area contributed by atoms with Gasteiger partial charge in [0.05, 0.1) is 5.60 Å². The minimum absolute atomic E-state index is 0.00606. The smallest absolute Gasteiger partial charge is 0.141 e. The molecule has 0 aliphatic heterocycles. The number of carbonyl (C=O) groups is 1. The minimum atomic E-state index is -0.595. The first-order chi connectivity index (χ1) is 6.72. The molecule has 3 fully saturated rings. The molecule has 0 amide bonds. The van der Waals surface area contributed by atoms with Gasteiger partial charge in [0.25, 0.3) is 0 Å². The molecule has 0 unspecified atom stereocenters. The highest BCUT2D eigenvalue weighted by Gasteiger charge is 2.56. The lowest BCUT2D eigenvalue weighted by atomic mass is 9.62. The second kappa shape index (κ2) is 2.82. The Morgan fingerprint density at radius 1 is 1.21 bits per heavy atom. The van der Waals surface area contributed by atoms with Gasteiger partial charge in [-0.1, -0.05) is 12.8 Å². The van der Waals surface area contributed by atoms with Crippen LogP contribution in [0.1, 0.15) is 44.9 Å². The molecule has 0 spiro atoms. The molecule has 0 aromatic carbocycles. The third-order valence-corrected chi connectivity index (χ3v) is 4.81. The maximum Gasteiger partial charge on any atom is 0.141 e. The highest BCUT2D eigenvalue weighted by atomic mass is 16.3. The molecular weight excluding hydrogens is 176 g/mol. The Hall–Kier alpha value is -0.370. The third kappa shape index (κ3) is 0.979. The fraction of sp³-hybridized carbons (Fsp3) is 0.917. The second-order valence-corrected chi connectivity index (χ2v) is 5.40. The zero-order valence-electron chi connectivity index (χ0n) is 8.54. The lowest BCUT2D eigenvalue weighted by molar-refractivity contribution is -0.152. The molecule has 0 heterocycles. The molecule has 0 aromatic heterocycles. The highest BCUT2D eigenvalue weighted by Crippen LogP contribution is 2.53. The topological polar surface area (TPSA) is 37.3 Å². The number of rotatable bonds is 0. The van der Waals surface area contributed by atoms with Crippen molar-refractivity contribution in [3.8, 4) is 0 Å². The number of aliphatic hydroxyl groups is 1. The molecule has 3 aliphatic carbocycles. The average molecular weight is 194 g/mol. The molecule has 3 aliphatic rings. The molecule has 14 heavy (non-hydrogen) atoms. The van der Waals surface area contributed by atoms with E-state index in [0.29, 0.717) is 17.6 Å². The predicted molar refractivity (Wildman–Crippen MR) is 52.7 cm³/mol. The van der Waals surface area contributed by atoms with Crippen molar-refractivity contribution in [2.45, 2.75) is 50.5 Å². The van der Waals surface area contributed by atoms with Crippen LogP contribution in [0.2, 0.25) is 0 Å². The summed E-state index contributed by atoms with van der Waals surface area (Å²) in [7, 11) is 0. The standard InChI is InChI=1S/C12H18O2/c13-11-8-4-5-10(11)12(14)6-2-1-3-9(12)7-8/h8-10,14H,1-7H2/t8-,9+,10+,12+/m0/s1. The Balaban J connectivity index is 1.96. The summed E-state index contributed by atoms with van der Waals surface area (Å²) in [5.74, 6) is 1.13. The maximum atomic E-state index is 11.9. The molecule has 78 valence electrons. The maximum absolute atomic E-state index is 11.9. The summed E-state index contributed by atoms with van der Waals surface area (Å²) in [5.41, 5.74) is -0.595. The Bertz CT molecular complexity index is 273. The number of Topliss-reactive ketones (excluding diaryl/α,β-unsaturated/α-hetero) is 1. The van der Waals surface area contributed by atoms with Gasteiger partial charge in [-0.3, -0.25) is 4.79 Å². The molecule has 3 rings (SSSR count). The van der Waals surface area contributed by atoms with Crippen LogP contribution in [-0.4, -0.2) is 16.5 Å². The molecule has 1 N–H and O–H groups in total. The van der Waals surface area contributed by atoms with Crippen molar-refractivity contribution in [1.29, 1.82) is 0 Å². The summed E-state index contributed by atoms with van der Waals surface area (Å²) < 4.78 is 0. The van der Waals surface area contributed by atoms with E-state index in [2.05, 4.69) is 0 Å². The number of carbonyl (C=O) groups excluding carboxylic acids is 1. The Morgan fingerprint density at radius 2 is 2.07 bits per heavy atom. The zero-order chi connectivity index (χ0) is 9.76. The third-order valence-electron chi connectivity index (χ3n) is 4.81. The van der Waals surface area contributed by atoms with E-state index < -0.39 is 5.60 Å². The molecule has 2 heteroatoms. The van der Waals surface area contributed by atoms with Crippen LogP contribution in [0.25, 0.3) is 0 Å². The van der Waals surface area contributed by atoms with Crippen LogP contribution in [0.15, 0.2) is 0 Å². The van der Waals surface area contributed by atoms with E-state index in [4.69, 9.17) is 0 Å². The minimum Gasteiger partial charge on any atom is -0.389 e. The number of hydrogen-bond donors (Lipinski definition) is 1. The first-order valence-electron chi connectivity index (χ1n) is 5.98. The van der Waals surface area contributed by atoms with Crippen molar-refractivity contribution in [3.05, 3.63) is 0 Å². The first-order valence-corrected chi connectivity index (χ1v) is 5.98. The largest absolute Gasteiger partial charge is 0.389 e. The Labute approximate surface area is 84.7 Å². The van der Waals surface area contributed by atoms with Gasteiger partial charge in [-0.25, -0.2) is 0 Å². The molecule has 2 nitrogen and oxygen atoms in total. The first kappa shape index (κ1) is 8.90. The van der Waals surface area contributed by atoms with E-state index in [0.717, 1.165) is 38.5 Å². The van der Waals surface area contributed by atoms with Crippen molar-refractivity contribution >= 4 is 5.78 Å². The van der Waals surface area contributed by atoms with E-state index in [1.165, 1.54) is 6.42 Å². The van der Waals surface area contributed by atoms with Crippen molar-refractivity contribution in [3.63, 3.8) is 0 Å². The van der Waals surface area contributed by atoms with Crippen LogP contribution >= 0.6 is 0 Å². The summed E-state index contributed by atoms with van der Waals surface area (Å²) in [6.45, 7) is 0. The molecule has 0 aromatic rings. The van der Waals surface area contributed by atoms with Gasteiger partial charge >= 0.3 is 0 Å². The lowest BCUT2D eigenvalue weighted by Crippen LogP contribution is -2.53. The van der Waals surface area contributed by atoms with Crippen molar-refractivity contribution in [2.75, 3.05) is 0 Å². The van der Waals surface area contributed by atoms with Gasteiger partial charge in [-0.05, 0) is 38.0 Å². The second-order valence-electron chi connectivity index (χ2n) is 5.40. The fourth-order valence-electron chi connectivity index (χ4n) is 4.04. The van der Waals surface area contributed by atoms with E-state index in [1.807, 2.05) is 0 Å². The summed E-state index contributed by atoms with van der Waals surface area (Å²) in [6.07, 6.45) is 7.37. The SMILES string of the molecule is O=C1[C@H]2CC[C@H]1[C@@]1(O)CCCC[C@@H]1C2. The molecule has 0 saturated heterocycles. The number of fused-ring (bicyclic) bond motifs is 4. The van der Waals surface area contributed by atoms with Gasteiger partial charge in [-0.15, -0.1) is 0 Å². The Morgan fingerprint density at radius 3 is 2.93 bits per heavy atom. The predicted octanol–water partition coefficient (Wildman–Crippen LogP) is 1.91. The van der Waals surface area contributed by atoms with Crippen LogP contribution in [0.4, 0.5) is 0 Å². The number of hydrogen-bond acceptors (Lipinski definition) is 2. The zero-order valence-corrected chi connectivity index (χ0v) is 8.54. The van der Waals surface area contributed by atoms with Crippen LogP contribution < -0.4 is 0 Å². The van der Waals surface area contributed by atoms with E-state index >= 15 is 0 Å². The van der Waals surface area contributed by atoms with Gasteiger partial charge in [0.15, 0.2) is 0 Å². The van der Waals surface area contributed by atoms with Gasteiger partial charge in [0.2, 0.25) is 0 Å². The van der Waals surface area contributed by atoms with Gasteiger partial charge in [0, 0.05) is 11.8 Å². The molecular formula is C12H18O2. The Kier molecular flexibility index (Phi) is 1.79. The van der Waals surface area contributed by atoms with Crippen molar-refractivity contribution in [1.82, 2.24) is 0 Å². The van der Waals surface area contributed by atoms with Crippen molar-refractivity contribution < 1.29 is 9.90 Å². The summed E-state index contributed by atoms with van der Waals surface area (Å²) in [6, 6.07) is 0. The quantitative estimate of drug-likeness (QED) is 0.639. The lowest BCUT2D eigenvalue weighted by Gasteiger charge is -2.46. The van der Waals surface area contributed by atoms with Crippen LogP contribution in [-0.2, 0) is 4.79 Å². The summed E-state index contributed by atoms with van der Waals surface area (Å²) >= 11 is 0. The monoisotopic (exact) mass is 194 g/mol. The van der Waals surface area contributed by atoms with Crippen LogP contribution in [0, 0.1) is 17.8 Å². The van der Waals surface area contributed by atoms with Gasteiger partial charge < -0.3 is 5.11 Å². The highest BCUT2D eigenvalue weighted by molar-refractivity contribution is 5.87. The van der Waals surface area contributed by atoms with E-state index in [9.17, 15) is 9.90 Å². The molecule has 2 bridgehead atoms. The van der Waals surface area contributed by atoms with E-state index in [-0.39, 0.29) is 5.92 Å².